The second-order valence-corrected chi connectivity index (χ2v) is 7.16. The molecule has 6 nitrogen and oxygen atoms in total. The highest BCUT2D eigenvalue weighted by molar-refractivity contribution is 5.87. The predicted octanol–water partition coefficient (Wildman–Crippen LogP) is 2.39. The molecule has 2 aliphatic rings. The lowest BCUT2D eigenvalue weighted by Crippen LogP contribution is -2.46. The molecule has 6 heteroatoms. The van der Waals surface area contributed by atoms with Crippen LogP contribution in [0.1, 0.15) is 33.8 Å². The Balaban J connectivity index is 1.52. The van der Waals surface area contributed by atoms with Crippen LogP contribution in [0.2, 0.25) is 0 Å². The molecule has 0 bridgehead atoms. The Hall–Kier alpha value is -2.86. The van der Waals surface area contributed by atoms with Gasteiger partial charge < -0.3 is 20.1 Å². The van der Waals surface area contributed by atoms with Gasteiger partial charge in [-0.1, -0.05) is 30.3 Å². The third kappa shape index (κ3) is 3.80. The molecule has 2 N–H and O–H groups in total. The molecule has 2 atom stereocenters. The number of anilines is 1. The highest BCUT2D eigenvalue weighted by atomic mass is 16.5. The highest BCUT2D eigenvalue weighted by Crippen LogP contribution is 2.39. The number of ether oxygens (including phenoxy) is 1. The van der Waals surface area contributed by atoms with Gasteiger partial charge in [-0.05, 0) is 35.7 Å². The maximum absolute atomic E-state index is 11.6. The molecule has 2 aromatic carbocycles. The van der Waals surface area contributed by atoms with Crippen molar-refractivity contribution in [2.45, 2.75) is 24.9 Å². The predicted molar refractivity (Wildman–Crippen MR) is 101 cm³/mol. The fraction of sp³-hybridized carbons (Fsp3) is 0.333. The van der Waals surface area contributed by atoms with Crippen molar-refractivity contribution < 1.29 is 19.4 Å². The van der Waals surface area contributed by atoms with Gasteiger partial charge in [-0.15, -0.1) is 0 Å². The van der Waals surface area contributed by atoms with Gasteiger partial charge in [-0.3, -0.25) is 4.79 Å². The first kappa shape index (κ1) is 17.5. The maximum Gasteiger partial charge on any atom is 0.335 e. The van der Waals surface area contributed by atoms with Crippen LogP contribution in [0, 0.1) is 0 Å². The van der Waals surface area contributed by atoms with E-state index < -0.39 is 5.97 Å². The van der Waals surface area contributed by atoms with E-state index >= 15 is 0 Å². The number of morpholine rings is 1. The summed E-state index contributed by atoms with van der Waals surface area (Å²) in [6, 6.07) is 15.4. The van der Waals surface area contributed by atoms with Crippen LogP contribution in [0.15, 0.2) is 48.5 Å². The molecule has 2 aromatic rings. The lowest BCUT2D eigenvalue weighted by atomic mass is 9.94. The summed E-state index contributed by atoms with van der Waals surface area (Å²) >= 11 is 0. The molecule has 2 heterocycles. The van der Waals surface area contributed by atoms with Crippen LogP contribution in [0.5, 0.6) is 0 Å². The molecule has 4 rings (SSSR count). The molecular formula is C21H22N2O4. The van der Waals surface area contributed by atoms with Crippen LogP contribution >= 0.6 is 0 Å². The van der Waals surface area contributed by atoms with Crippen molar-refractivity contribution in [3.8, 4) is 0 Å². The summed E-state index contributed by atoms with van der Waals surface area (Å²) in [6.45, 7) is 2.18. The van der Waals surface area contributed by atoms with Crippen LogP contribution < -0.4 is 10.2 Å². The smallest absolute Gasteiger partial charge is 0.335 e. The van der Waals surface area contributed by atoms with Crippen molar-refractivity contribution in [3.63, 3.8) is 0 Å². The first-order valence-electron chi connectivity index (χ1n) is 9.13. The number of carboxylic acid groups (broad SMARTS) is 1. The number of amides is 1. The van der Waals surface area contributed by atoms with E-state index in [-0.39, 0.29) is 18.6 Å². The third-order valence-electron chi connectivity index (χ3n) is 5.19. The average Bonchev–Trinajstić information content (AvgIpc) is 3.00. The van der Waals surface area contributed by atoms with E-state index in [0.717, 1.165) is 18.5 Å². The Morgan fingerprint density at radius 1 is 1.22 bits per heavy atom. The van der Waals surface area contributed by atoms with Crippen molar-refractivity contribution in [2.24, 2.45) is 0 Å². The fourth-order valence-electron chi connectivity index (χ4n) is 4.03. The Morgan fingerprint density at radius 3 is 2.89 bits per heavy atom. The van der Waals surface area contributed by atoms with E-state index in [1.54, 1.807) is 18.2 Å². The van der Waals surface area contributed by atoms with Crippen molar-refractivity contribution in [3.05, 3.63) is 65.2 Å². The molecule has 27 heavy (non-hydrogen) atoms. The van der Waals surface area contributed by atoms with Crippen molar-refractivity contribution in [2.75, 3.05) is 24.7 Å². The van der Waals surface area contributed by atoms with E-state index in [2.05, 4.69) is 22.3 Å². The number of rotatable bonds is 5. The molecule has 0 aliphatic carbocycles. The van der Waals surface area contributed by atoms with E-state index in [9.17, 15) is 14.7 Å². The zero-order chi connectivity index (χ0) is 18.8. The van der Waals surface area contributed by atoms with Gasteiger partial charge in [0.2, 0.25) is 5.91 Å². The van der Waals surface area contributed by atoms with Gasteiger partial charge in [0, 0.05) is 24.7 Å². The minimum absolute atomic E-state index is 0.0274. The van der Waals surface area contributed by atoms with Gasteiger partial charge in [0.15, 0.2) is 0 Å². The molecule has 0 saturated carbocycles. The zero-order valence-electron chi connectivity index (χ0n) is 14.9. The topological polar surface area (TPSA) is 78.9 Å². The summed E-state index contributed by atoms with van der Waals surface area (Å²) in [7, 11) is 0. The molecule has 1 saturated heterocycles. The number of carbonyl (C=O) groups is 2. The average molecular weight is 366 g/mol. The molecular weight excluding hydrogens is 344 g/mol. The maximum atomic E-state index is 11.6. The highest BCUT2D eigenvalue weighted by Gasteiger charge is 2.31. The molecule has 0 radical (unpaired) electrons. The summed E-state index contributed by atoms with van der Waals surface area (Å²) in [5, 5.41) is 12.2. The Kier molecular flexibility index (Phi) is 4.81. The molecule has 0 aromatic heterocycles. The zero-order valence-corrected chi connectivity index (χ0v) is 14.9. The molecule has 1 amide bonds. The van der Waals surface area contributed by atoms with Gasteiger partial charge in [-0.25, -0.2) is 4.79 Å². The Bertz CT molecular complexity index is 867. The normalized spacial score (nSPS) is 21.6. The number of hydrogen-bond donors (Lipinski definition) is 2. The van der Waals surface area contributed by atoms with Crippen LogP contribution in [0.3, 0.4) is 0 Å². The number of carbonyl (C=O) groups excluding carboxylic acids is 1. The van der Waals surface area contributed by atoms with E-state index in [1.807, 2.05) is 18.2 Å². The van der Waals surface area contributed by atoms with Crippen molar-refractivity contribution in [1.82, 2.24) is 5.32 Å². The summed E-state index contributed by atoms with van der Waals surface area (Å²) in [5.74, 6) is -0.666. The number of fused-ring (bicyclic) bond motifs is 1. The minimum atomic E-state index is -0.912. The first-order chi connectivity index (χ1) is 13.1. The minimum Gasteiger partial charge on any atom is -0.478 e. The standard InChI is InChI=1S/C21H22N2O4/c24-20-13-27-12-17(22-20)9-16-11-23(19-7-2-1-6-18(16)19)10-14-4-3-5-15(8-14)21(25)26/h1-8,16-17H,9-13H2,(H,22,24)(H,25,26). The number of aromatic carboxylic acids is 1. The Labute approximate surface area is 157 Å². The van der Waals surface area contributed by atoms with E-state index in [0.29, 0.717) is 24.6 Å². The van der Waals surface area contributed by atoms with Gasteiger partial charge in [0.25, 0.3) is 0 Å². The van der Waals surface area contributed by atoms with E-state index in [4.69, 9.17) is 4.74 Å². The first-order valence-corrected chi connectivity index (χ1v) is 9.13. The number of benzene rings is 2. The summed E-state index contributed by atoms with van der Waals surface area (Å²) in [5.41, 5.74) is 3.72. The molecule has 0 spiro atoms. The lowest BCUT2D eigenvalue weighted by Gasteiger charge is -2.26. The van der Waals surface area contributed by atoms with Crippen LogP contribution in [0.4, 0.5) is 5.69 Å². The van der Waals surface area contributed by atoms with Gasteiger partial charge in [-0.2, -0.15) is 0 Å². The fourth-order valence-corrected chi connectivity index (χ4v) is 4.03. The second-order valence-electron chi connectivity index (χ2n) is 7.16. The molecule has 140 valence electrons. The SMILES string of the molecule is O=C1COCC(CC2CN(Cc3cccc(C(=O)O)c3)c3ccccc32)N1. The largest absolute Gasteiger partial charge is 0.478 e. The number of nitrogens with one attached hydrogen (secondary N) is 1. The van der Waals surface area contributed by atoms with Crippen molar-refractivity contribution in [1.29, 1.82) is 0 Å². The molecule has 1 fully saturated rings. The monoisotopic (exact) mass is 366 g/mol. The number of carboxylic acids is 1. The number of para-hydroxylation sites is 1. The van der Waals surface area contributed by atoms with Crippen molar-refractivity contribution >= 4 is 17.6 Å². The lowest BCUT2D eigenvalue weighted by molar-refractivity contribution is -0.131. The van der Waals surface area contributed by atoms with E-state index in [1.165, 1.54) is 11.3 Å². The second kappa shape index (κ2) is 7.40. The van der Waals surface area contributed by atoms with Gasteiger partial charge in [0.1, 0.15) is 6.61 Å². The number of nitrogens with zero attached hydrogens (tertiary/aromatic N) is 1. The Morgan fingerprint density at radius 2 is 2.07 bits per heavy atom. The summed E-state index contributed by atoms with van der Waals surface area (Å²) < 4.78 is 5.37. The molecule has 2 aliphatic heterocycles. The van der Waals surface area contributed by atoms with Crippen LogP contribution in [0.25, 0.3) is 0 Å². The van der Waals surface area contributed by atoms with Crippen LogP contribution in [-0.4, -0.2) is 42.8 Å². The number of hydrogen-bond acceptors (Lipinski definition) is 4. The quantitative estimate of drug-likeness (QED) is 0.850. The van der Waals surface area contributed by atoms with Gasteiger partial charge >= 0.3 is 5.97 Å². The third-order valence-corrected chi connectivity index (χ3v) is 5.19. The molecule has 2 unspecified atom stereocenters. The summed E-state index contributed by atoms with van der Waals surface area (Å²) in [6.07, 6.45) is 0.828. The summed E-state index contributed by atoms with van der Waals surface area (Å²) in [4.78, 5) is 25.1. The van der Waals surface area contributed by atoms with Crippen LogP contribution in [-0.2, 0) is 16.1 Å². The van der Waals surface area contributed by atoms with Gasteiger partial charge in [0.05, 0.1) is 18.2 Å².